The number of nitrogens with zero attached hydrogens (tertiary/aromatic N) is 1. The first-order chi connectivity index (χ1) is 12.6. The van der Waals surface area contributed by atoms with Crippen molar-refractivity contribution in [2.45, 2.75) is 6.42 Å². The molecule has 1 N–H and O–H groups in total. The van der Waals surface area contributed by atoms with Gasteiger partial charge in [0.1, 0.15) is 5.76 Å². The highest BCUT2D eigenvalue weighted by Gasteiger charge is 2.12. The van der Waals surface area contributed by atoms with Crippen molar-refractivity contribution in [2.24, 2.45) is 0 Å². The molecule has 0 amide bonds. The Balaban J connectivity index is 1.65. The van der Waals surface area contributed by atoms with Crippen LogP contribution in [-0.4, -0.2) is 16.0 Å². The van der Waals surface area contributed by atoms with E-state index in [-0.39, 0.29) is 22.9 Å². The van der Waals surface area contributed by atoms with E-state index in [1.807, 2.05) is 36.4 Å². The first-order valence-electron chi connectivity index (χ1n) is 7.96. The Bertz CT molecular complexity index is 1160. The number of benzene rings is 2. The smallest absolute Gasteiger partial charge is 0.272 e. The van der Waals surface area contributed by atoms with E-state index in [4.69, 9.17) is 16.0 Å². The molecule has 2 heterocycles. The lowest BCUT2D eigenvalue weighted by Crippen LogP contribution is -2.10. The fourth-order valence-electron chi connectivity index (χ4n) is 2.87. The van der Waals surface area contributed by atoms with E-state index >= 15 is 0 Å². The van der Waals surface area contributed by atoms with Crippen LogP contribution in [0.1, 0.15) is 15.9 Å². The molecule has 0 aliphatic rings. The van der Waals surface area contributed by atoms with Gasteiger partial charge in [0.15, 0.2) is 10.9 Å². The second kappa shape index (κ2) is 6.61. The summed E-state index contributed by atoms with van der Waals surface area (Å²) in [6.07, 6.45) is 1.83. The Morgan fingerprint density at radius 3 is 2.77 bits per heavy atom. The number of hydrogen-bond acceptors (Lipinski definition) is 4. The number of aromatic amines is 1. The molecular formula is C20H13ClN2O3. The van der Waals surface area contributed by atoms with Crippen molar-refractivity contribution < 1.29 is 9.21 Å². The summed E-state index contributed by atoms with van der Waals surface area (Å²) < 4.78 is 5.40. The molecule has 2 aromatic heterocycles. The molecular weight excluding hydrogens is 352 g/mol. The number of carbonyl (C=O) groups excluding carboxylic acids is 1. The highest BCUT2D eigenvalue weighted by atomic mass is 35.5. The number of carbonyl (C=O) groups is 1. The standard InChI is InChI=1S/C20H13ClN2O3/c21-19-15-7-6-13(11-16(15)20(25)23-22-19)17(24)10-12-3-1-4-14(9-12)18-5-2-8-26-18/h1-9,11H,10H2,(H,23,25). The average molecular weight is 365 g/mol. The quantitative estimate of drug-likeness (QED) is 0.549. The summed E-state index contributed by atoms with van der Waals surface area (Å²) in [6, 6.07) is 16.2. The van der Waals surface area contributed by atoms with Crippen LogP contribution in [-0.2, 0) is 6.42 Å². The normalized spacial score (nSPS) is 11.0. The number of rotatable bonds is 4. The summed E-state index contributed by atoms with van der Waals surface area (Å²) in [7, 11) is 0. The Morgan fingerprint density at radius 1 is 1.08 bits per heavy atom. The third kappa shape index (κ3) is 3.05. The number of nitrogens with one attached hydrogen (secondary N) is 1. The molecule has 4 rings (SSSR count). The minimum atomic E-state index is -0.376. The second-order valence-corrected chi connectivity index (χ2v) is 6.24. The SMILES string of the molecule is O=C(Cc1cccc(-c2ccco2)c1)c1ccc2c(Cl)n[nH]c(=O)c2c1. The average Bonchev–Trinajstić information content (AvgIpc) is 3.19. The van der Waals surface area contributed by atoms with Gasteiger partial charge in [-0.2, -0.15) is 5.10 Å². The summed E-state index contributed by atoms with van der Waals surface area (Å²) >= 11 is 5.98. The number of hydrogen-bond donors (Lipinski definition) is 1. The van der Waals surface area contributed by atoms with E-state index in [0.29, 0.717) is 16.3 Å². The summed E-state index contributed by atoms with van der Waals surface area (Å²) in [6.45, 7) is 0. The Morgan fingerprint density at radius 2 is 1.96 bits per heavy atom. The number of halogens is 1. The molecule has 0 aliphatic carbocycles. The molecule has 128 valence electrons. The first-order valence-corrected chi connectivity index (χ1v) is 8.33. The number of fused-ring (bicyclic) bond motifs is 1. The maximum absolute atomic E-state index is 12.7. The van der Waals surface area contributed by atoms with E-state index in [0.717, 1.165) is 16.9 Å². The minimum Gasteiger partial charge on any atom is -0.464 e. The maximum atomic E-state index is 12.7. The number of ketones is 1. The molecule has 0 atom stereocenters. The number of H-pyrrole nitrogens is 1. The monoisotopic (exact) mass is 364 g/mol. The van der Waals surface area contributed by atoms with Crippen molar-refractivity contribution in [3.63, 3.8) is 0 Å². The van der Waals surface area contributed by atoms with Crippen molar-refractivity contribution in [1.29, 1.82) is 0 Å². The third-order valence-electron chi connectivity index (χ3n) is 4.16. The van der Waals surface area contributed by atoms with Crippen molar-refractivity contribution >= 4 is 28.2 Å². The van der Waals surface area contributed by atoms with Crippen LogP contribution in [0.4, 0.5) is 0 Å². The molecule has 5 nitrogen and oxygen atoms in total. The molecule has 0 unspecified atom stereocenters. The highest BCUT2D eigenvalue weighted by Crippen LogP contribution is 2.23. The van der Waals surface area contributed by atoms with Gasteiger partial charge in [-0.25, -0.2) is 5.10 Å². The van der Waals surface area contributed by atoms with Gasteiger partial charge in [-0.05, 0) is 29.8 Å². The summed E-state index contributed by atoms with van der Waals surface area (Å²) in [5, 5.41) is 7.11. The van der Waals surface area contributed by atoms with Gasteiger partial charge in [-0.3, -0.25) is 9.59 Å². The zero-order chi connectivity index (χ0) is 18.1. The highest BCUT2D eigenvalue weighted by molar-refractivity contribution is 6.34. The molecule has 26 heavy (non-hydrogen) atoms. The van der Waals surface area contributed by atoms with Gasteiger partial charge in [0, 0.05) is 22.9 Å². The van der Waals surface area contributed by atoms with Gasteiger partial charge in [0.2, 0.25) is 0 Å². The molecule has 0 radical (unpaired) electrons. The van der Waals surface area contributed by atoms with Gasteiger partial charge in [0.25, 0.3) is 5.56 Å². The van der Waals surface area contributed by atoms with E-state index in [1.54, 1.807) is 24.5 Å². The Hall–Kier alpha value is -3.18. The lowest BCUT2D eigenvalue weighted by atomic mass is 9.99. The number of Topliss-reactive ketones (excluding diaryl/α,β-unsaturated/α-hetero) is 1. The van der Waals surface area contributed by atoms with Gasteiger partial charge < -0.3 is 4.42 Å². The van der Waals surface area contributed by atoms with Gasteiger partial charge in [0.05, 0.1) is 11.6 Å². The summed E-state index contributed by atoms with van der Waals surface area (Å²) in [5.41, 5.74) is 1.85. The lowest BCUT2D eigenvalue weighted by molar-refractivity contribution is 0.0993. The summed E-state index contributed by atoms with van der Waals surface area (Å²) in [4.78, 5) is 24.6. The van der Waals surface area contributed by atoms with Crippen LogP contribution in [0.2, 0.25) is 5.15 Å². The van der Waals surface area contributed by atoms with Crippen LogP contribution in [0.25, 0.3) is 22.1 Å². The van der Waals surface area contributed by atoms with Crippen LogP contribution in [0.5, 0.6) is 0 Å². The molecule has 0 saturated heterocycles. The van der Waals surface area contributed by atoms with E-state index < -0.39 is 0 Å². The van der Waals surface area contributed by atoms with Crippen LogP contribution < -0.4 is 5.56 Å². The zero-order valence-corrected chi connectivity index (χ0v) is 14.3. The van der Waals surface area contributed by atoms with Crippen molar-refractivity contribution in [1.82, 2.24) is 10.2 Å². The van der Waals surface area contributed by atoms with Gasteiger partial charge in [-0.15, -0.1) is 0 Å². The fraction of sp³-hybridized carbons (Fsp3) is 0.0500. The minimum absolute atomic E-state index is 0.0872. The molecule has 6 heteroatoms. The van der Waals surface area contributed by atoms with E-state index in [9.17, 15) is 9.59 Å². The van der Waals surface area contributed by atoms with Crippen LogP contribution in [0.15, 0.2) is 70.1 Å². The van der Waals surface area contributed by atoms with Gasteiger partial charge in [-0.1, -0.05) is 41.9 Å². The molecule has 4 aromatic rings. The molecule has 0 saturated carbocycles. The maximum Gasteiger partial charge on any atom is 0.272 e. The van der Waals surface area contributed by atoms with E-state index in [1.165, 1.54) is 0 Å². The summed E-state index contributed by atoms with van der Waals surface area (Å²) in [5.74, 6) is 0.662. The van der Waals surface area contributed by atoms with Crippen LogP contribution in [0, 0.1) is 0 Å². The third-order valence-corrected chi connectivity index (χ3v) is 4.45. The first kappa shape index (κ1) is 16.3. The zero-order valence-electron chi connectivity index (χ0n) is 13.5. The number of aromatic nitrogens is 2. The molecule has 0 aliphatic heterocycles. The predicted molar refractivity (Wildman–Crippen MR) is 99.6 cm³/mol. The molecule has 0 spiro atoms. The van der Waals surface area contributed by atoms with Gasteiger partial charge >= 0.3 is 0 Å². The fourth-order valence-corrected chi connectivity index (χ4v) is 3.08. The van der Waals surface area contributed by atoms with Crippen LogP contribution >= 0.6 is 11.6 Å². The molecule has 0 fully saturated rings. The topological polar surface area (TPSA) is 76.0 Å². The van der Waals surface area contributed by atoms with Crippen molar-refractivity contribution in [2.75, 3.05) is 0 Å². The van der Waals surface area contributed by atoms with Crippen LogP contribution in [0.3, 0.4) is 0 Å². The number of furan rings is 1. The second-order valence-electron chi connectivity index (χ2n) is 5.88. The Kier molecular flexibility index (Phi) is 4.14. The molecule has 0 bridgehead atoms. The molecule has 2 aromatic carbocycles. The Labute approximate surface area is 153 Å². The largest absolute Gasteiger partial charge is 0.464 e. The van der Waals surface area contributed by atoms with Crippen molar-refractivity contribution in [3.8, 4) is 11.3 Å². The lowest BCUT2D eigenvalue weighted by Gasteiger charge is -2.05. The van der Waals surface area contributed by atoms with E-state index in [2.05, 4.69) is 10.2 Å². The predicted octanol–water partition coefficient (Wildman–Crippen LogP) is 4.26. The van der Waals surface area contributed by atoms with Crippen molar-refractivity contribution in [3.05, 3.63) is 87.5 Å².